The van der Waals surface area contributed by atoms with E-state index in [9.17, 15) is 14.3 Å². The number of piperazine rings is 1. The lowest BCUT2D eigenvalue weighted by atomic mass is 10.1. The second-order valence-corrected chi connectivity index (χ2v) is 7.52. The van der Waals surface area contributed by atoms with Crippen molar-refractivity contribution in [3.05, 3.63) is 53.3 Å². The first-order chi connectivity index (χ1) is 13.7. The number of hydrogen-bond donors (Lipinski definition) is 2. The van der Waals surface area contributed by atoms with E-state index in [1.165, 1.54) is 30.3 Å². The fourth-order valence-electron chi connectivity index (χ4n) is 3.34. The number of amides is 1. The molecule has 1 saturated heterocycles. The Morgan fingerprint density at radius 1 is 1.48 bits per heavy atom. The third kappa shape index (κ3) is 4.04. The van der Waals surface area contributed by atoms with E-state index in [1.807, 2.05) is 11.8 Å². The fraction of sp³-hybridized carbons (Fsp3) is 0.250. The highest BCUT2D eigenvalue weighted by molar-refractivity contribution is 7.80. The molecule has 9 heteroatoms. The minimum Gasteiger partial charge on any atom is -0.507 e. The number of rotatable bonds is 3. The highest BCUT2D eigenvalue weighted by atomic mass is 35.5. The zero-order valence-corrected chi connectivity index (χ0v) is 17.3. The lowest BCUT2D eigenvalue weighted by Crippen LogP contribution is -2.55. The maximum Gasteiger partial charge on any atom is 0.246 e. The molecule has 1 aromatic carbocycles. The van der Waals surface area contributed by atoms with Crippen molar-refractivity contribution >= 4 is 40.5 Å². The summed E-state index contributed by atoms with van der Waals surface area (Å²) < 4.78 is 14.2. The number of pyridine rings is 1. The van der Waals surface area contributed by atoms with E-state index in [2.05, 4.69) is 11.6 Å². The lowest BCUT2D eigenvalue weighted by molar-refractivity contribution is -0.128. The number of aromatic nitrogens is 1. The minimum atomic E-state index is -0.661. The Bertz CT molecular complexity index is 980. The van der Waals surface area contributed by atoms with Gasteiger partial charge in [0.2, 0.25) is 5.91 Å². The second-order valence-electron chi connectivity index (χ2n) is 6.72. The van der Waals surface area contributed by atoms with Gasteiger partial charge in [-0.3, -0.25) is 4.79 Å². The number of halogens is 2. The molecule has 1 fully saturated rings. The number of phenolic OH excluding ortho intramolecular Hbond substituents is 1. The molecule has 2 aromatic rings. The maximum atomic E-state index is 14.2. The van der Waals surface area contributed by atoms with Crippen molar-refractivity contribution in [1.29, 1.82) is 0 Å². The highest BCUT2D eigenvalue weighted by Gasteiger charge is 2.29. The van der Waals surface area contributed by atoms with Crippen LogP contribution in [0.5, 0.6) is 5.75 Å². The van der Waals surface area contributed by atoms with Gasteiger partial charge in [-0.2, -0.15) is 0 Å². The van der Waals surface area contributed by atoms with Gasteiger partial charge in [-0.15, -0.1) is 0 Å². The van der Waals surface area contributed by atoms with Crippen molar-refractivity contribution in [1.82, 2.24) is 14.8 Å². The van der Waals surface area contributed by atoms with Gasteiger partial charge in [-0.25, -0.2) is 9.37 Å². The zero-order chi connectivity index (χ0) is 21.3. The molecular formula is C20H20ClFN4O2S. The van der Waals surface area contributed by atoms with Crippen LogP contribution < -0.4 is 5.73 Å². The van der Waals surface area contributed by atoms with Crippen LogP contribution in [0.25, 0.3) is 11.3 Å². The van der Waals surface area contributed by atoms with Gasteiger partial charge in [0, 0.05) is 25.7 Å². The molecule has 6 nitrogen and oxygen atoms in total. The smallest absolute Gasteiger partial charge is 0.246 e. The van der Waals surface area contributed by atoms with Crippen molar-refractivity contribution in [3.63, 3.8) is 0 Å². The molecule has 3 rings (SSSR count). The topological polar surface area (TPSA) is 82.7 Å². The van der Waals surface area contributed by atoms with Gasteiger partial charge in [-0.05, 0) is 31.2 Å². The number of nitrogens with two attached hydrogens (primary N) is 1. The Hall–Kier alpha value is -2.71. The van der Waals surface area contributed by atoms with E-state index in [-0.39, 0.29) is 39.8 Å². The van der Waals surface area contributed by atoms with Crippen LogP contribution in [-0.4, -0.2) is 56.5 Å². The van der Waals surface area contributed by atoms with E-state index in [0.717, 1.165) is 0 Å². The molecule has 0 bridgehead atoms. The van der Waals surface area contributed by atoms with Crippen LogP contribution >= 0.6 is 23.8 Å². The molecule has 2 heterocycles. The van der Waals surface area contributed by atoms with E-state index in [1.54, 1.807) is 4.90 Å². The normalized spacial score (nSPS) is 16.6. The maximum absolute atomic E-state index is 14.2. The highest BCUT2D eigenvalue weighted by Crippen LogP contribution is 2.36. The van der Waals surface area contributed by atoms with Crippen molar-refractivity contribution in [3.8, 4) is 17.0 Å². The summed E-state index contributed by atoms with van der Waals surface area (Å²) >= 11 is 12.0. The average molecular weight is 435 g/mol. The van der Waals surface area contributed by atoms with Crippen LogP contribution in [0, 0.1) is 5.82 Å². The molecular weight excluding hydrogens is 415 g/mol. The minimum absolute atomic E-state index is 0.0424. The Morgan fingerprint density at radius 2 is 2.21 bits per heavy atom. The number of benzene rings is 1. The molecule has 0 radical (unpaired) electrons. The number of nitrogen functional groups attached to an aromatic ring is 1. The molecule has 3 N–H and O–H groups in total. The van der Waals surface area contributed by atoms with E-state index in [0.29, 0.717) is 30.2 Å². The summed E-state index contributed by atoms with van der Waals surface area (Å²) in [6.45, 7) is 6.98. The SMILES string of the molecule is C=CC(=O)N1CCN(C(=S)c2cc(Cl)c(-c3c(O)cccc3F)nc2N)C(C)C1. The number of aromatic hydroxyl groups is 1. The molecule has 1 unspecified atom stereocenters. The van der Waals surface area contributed by atoms with Crippen LogP contribution in [0.1, 0.15) is 12.5 Å². The van der Waals surface area contributed by atoms with Crippen molar-refractivity contribution in [2.45, 2.75) is 13.0 Å². The molecule has 1 amide bonds. The van der Waals surface area contributed by atoms with Crippen LogP contribution in [0.2, 0.25) is 5.02 Å². The van der Waals surface area contributed by atoms with Gasteiger partial charge in [0.25, 0.3) is 0 Å². The van der Waals surface area contributed by atoms with Gasteiger partial charge in [0.05, 0.1) is 21.8 Å². The Morgan fingerprint density at radius 3 is 2.83 bits per heavy atom. The molecule has 1 aromatic heterocycles. The number of thiocarbonyl (C=S) groups is 1. The molecule has 1 aliphatic heterocycles. The van der Waals surface area contributed by atoms with Crippen molar-refractivity contribution in [2.75, 3.05) is 25.4 Å². The molecule has 29 heavy (non-hydrogen) atoms. The van der Waals surface area contributed by atoms with Gasteiger partial charge >= 0.3 is 0 Å². The van der Waals surface area contributed by atoms with Crippen LogP contribution in [-0.2, 0) is 4.79 Å². The van der Waals surface area contributed by atoms with Gasteiger partial charge < -0.3 is 20.6 Å². The van der Waals surface area contributed by atoms with Gasteiger partial charge in [0.15, 0.2) is 0 Å². The monoisotopic (exact) mass is 434 g/mol. The Balaban J connectivity index is 1.91. The third-order valence-electron chi connectivity index (χ3n) is 4.84. The summed E-state index contributed by atoms with van der Waals surface area (Å²) in [5.41, 5.74) is 6.48. The molecule has 152 valence electrons. The van der Waals surface area contributed by atoms with Crippen LogP contribution in [0.3, 0.4) is 0 Å². The summed E-state index contributed by atoms with van der Waals surface area (Å²) in [6.07, 6.45) is 1.29. The average Bonchev–Trinajstić information content (AvgIpc) is 2.68. The number of nitrogens with zero attached hydrogens (tertiary/aromatic N) is 3. The number of hydrogen-bond acceptors (Lipinski definition) is 5. The van der Waals surface area contributed by atoms with Crippen LogP contribution in [0.4, 0.5) is 10.2 Å². The first-order valence-electron chi connectivity index (χ1n) is 8.90. The molecule has 0 saturated carbocycles. The fourth-order valence-corrected chi connectivity index (χ4v) is 4.02. The van der Waals surface area contributed by atoms with E-state index >= 15 is 0 Å². The number of carbonyl (C=O) groups is 1. The number of anilines is 1. The predicted octanol–water partition coefficient (Wildman–Crippen LogP) is 3.22. The molecule has 0 spiro atoms. The Labute approximate surface area is 178 Å². The van der Waals surface area contributed by atoms with Crippen LogP contribution in [0.15, 0.2) is 36.9 Å². The van der Waals surface area contributed by atoms with Gasteiger partial charge in [-0.1, -0.05) is 36.5 Å². The lowest BCUT2D eigenvalue weighted by Gasteiger charge is -2.41. The van der Waals surface area contributed by atoms with Crippen molar-refractivity contribution < 1.29 is 14.3 Å². The van der Waals surface area contributed by atoms with E-state index < -0.39 is 5.82 Å². The first kappa shape index (κ1) is 21.0. The van der Waals surface area contributed by atoms with E-state index in [4.69, 9.17) is 29.6 Å². The molecule has 0 aliphatic carbocycles. The van der Waals surface area contributed by atoms with Gasteiger partial charge in [0.1, 0.15) is 22.4 Å². The number of carbonyl (C=O) groups excluding carboxylic acids is 1. The Kier molecular flexibility index (Phi) is 6.04. The van der Waals surface area contributed by atoms with Crippen molar-refractivity contribution in [2.24, 2.45) is 0 Å². The quantitative estimate of drug-likeness (QED) is 0.570. The molecule has 1 atom stereocenters. The summed E-state index contributed by atoms with van der Waals surface area (Å²) in [4.78, 5) is 20.2. The predicted molar refractivity (Wildman–Crippen MR) is 115 cm³/mol. The summed E-state index contributed by atoms with van der Waals surface area (Å²) in [7, 11) is 0. The molecule has 1 aliphatic rings. The summed E-state index contributed by atoms with van der Waals surface area (Å²) in [6, 6.07) is 5.41. The standard InChI is InChI=1S/C20H20ClFN4O2S/c1-3-16(28)25-7-8-26(11(2)10-25)20(29)12-9-13(21)18(24-19(12)23)17-14(22)5-4-6-15(17)27/h3-6,9,11,27H,1,7-8,10H2,2H3,(H2,23,24). The zero-order valence-electron chi connectivity index (χ0n) is 15.7. The summed E-state index contributed by atoms with van der Waals surface area (Å²) in [5.74, 6) is -0.994. The number of phenols is 1. The third-order valence-corrected chi connectivity index (χ3v) is 5.58. The second kappa shape index (κ2) is 8.34. The summed E-state index contributed by atoms with van der Waals surface area (Å²) in [5, 5.41) is 10.1. The largest absolute Gasteiger partial charge is 0.507 e. The first-order valence-corrected chi connectivity index (χ1v) is 9.69.